The average molecular weight is 225 g/mol. The number of nitrogens with one attached hydrogen (secondary N) is 2. The van der Waals surface area contributed by atoms with Crippen LogP contribution in [0.3, 0.4) is 0 Å². The standard InChI is InChI=1S/C11H19N3O2/c1-3-11(4-2,8-15)7-12-9-5-10(16)14-13-6-9/h5-6,15H,3-4,7-8H2,1-2H3,(H2,12,14,16). The number of hydrogen-bond donors (Lipinski definition) is 3. The molecule has 0 aliphatic heterocycles. The number of H-pyrrole nitrogens is 1. The van der Waals surface area contributed by atoms with Gasteiger partial charge in [-0.3, -0.25) is 4.79 Å². The maximum absolute atomic E-state index is 11.0. The van der Waals surface area contributed by atoms with Crippen LogP contribution in [-0.2, 0) is 0 Å². The van der Waals surface area contributed by atoms with Gasteiger partial charge in [-0.25, -0.2) is 5.10 Å². The molecule has 0 aliphatic rings. The summed E-state index contributed by atoms with van der Waals surface area (Å²) >= 11 is 0. The van der Waals surface area contributed by atoms with Gasteiger partial charge in [0.1, 0.15) is 0 Å². The summed E-state index contributed by atoms with van der Waals surface area (Å²) in [5.41, 5.74) is 0.332. The molecule has 1 heterocycles. The molecule has 0 atom stereocenters. The van der Waals surface area contributed by atoms with Crippen LogP contribution in [-0.4, -0.2) is 28.5 Å². The van der Waals surface area contributed by atoms with E-state index < -0.39 is 0 Å². The van der Waals surface area contributed by atoms with Crippen LogP contribution in [0.25, 0.3) is 0 Å². The molecule has 0 radical (unpaired) electrons. The molecular weight excluding hydrogens is 206 g/mol. The van der Waals surface area contributed by atoms with Gasteiger partial charge in [0, 0.05) is 18.0 Å². The van der Waals surface area contributed by atoms with Crippen molar-refractivity contribution in [3.63, 3.8) is 0 Å². The van der Waals surface area contributed by atoms with Gasteiger partial charge in [-0.1, -0.05) is 13.8 Å². The first-order valence-corrected chi connectivity index (χ1v) is 5.55. The van der Waals surface area contributed by atoms with Crippen LogP contribution in [0, 0.1) is 5.41 Å². The second-order valence-electron chi connectivity index (χ2n) is 4.05. The largest absolute Gasteiger partial charge is 0.396 e. The van der Waals surface area contributed by atoms with Crippen LogP contribution in [0.4, 0.5) is 5.69 Å². The smallest absolute Gasteiger partial charge is 0.266 e. The molecule has 1 rings (SSSR count). The molecule has 0 aliphatic carbocycles. The normalized spacial score (nSPS) is 11.4. The van der Waals surface area contributed by atoms with Gasteiger partial charge in [-0.05, 0) is 12.8 Å². The lowest BCUT2D eigenvalue weighted by atomic mass is 9.83. The summed E-state index contributed by atoms with van der Waals surface area (Å²) in [7, 11) is 0. The molecule has 0 saturated heterocycles. The highest BCUT2D eigenvalue weighted by Crippen LogP contribution is 2.25. The van der Waals surface area contributed by atoms with E-state index in [1.54, 1.807) is 6.20 Å². The number of aliphatic hydroxyl groups is 1. The zero-order chi connectivity index (χ0) is 12.0. The fourth-order valence-corrected chi connectivity index (χ4v) is 1.54. The minimum Gasteiger partial charge on any atom is -0.396 e. The highest BCUT2D eigenvalue weighted by Gasteiger charge is 2.24. The third-order valence-electron chi connectivity index (χ3n) is 3.17. The van der Waals surface area contributed by atoms with Crippen LogP contribution in [0.5, 0.6) is 0 Å². The first-order valence-electron chi connectivity index (χ1n) is 5.55. The Hall–Kier alpha value is -1.36. The van der Waals surface area contributed by atoms with Gasteiger partial charge in [-0.2, -0.15) is 5.10 Å². The number of hydrogen-bond acceptors (Lipinski definition) is 4. The van der Waals surface area contributed by atoms with Crippen molar-refractivity contribution in [1.29, 1.82) is 0 Å². The number of aromatic amines is 1. The summed E-state index contributed by atoms with van der Waals surface area (Å²) in [6, 6.07) is 1.46. The summed E-state index contributed by atoms with van der Waals surface area (Å²) in [4.78, 5) is 11.0. The number of nitrogens with zero attached hydrogens (tertiary/aromatic N) is 1. The average Bonchev–Trinajstić information content (AvgIpc) is 2.32. The quantitative estimate of drug-likeness (QED) is 0.674. The Balaban J connectivity index is 2.65. The predicted octanol–water partition coefficient (Wildman–Crippen LogP) is 0.980. The van der Waals surface area contributed by atoms with Gasteiger partial charge < -0.3 is 10.4 Å². The molecule has 5 heteroatoms. The summed E-state index contributed by atoms with van der Waals surface area (Å²) < 4.78 is 0. The lowest BCUT2D eigenvalue weighted by molar-refractivity contribution is 0.127. The molecular formula is C11H19N3O2. The molecule has 1 aromatic heterocycles. The van der Waals surface area contributed by atoms with Crippen molar-refractivity contribution < 1.29 is 5.11 Å². The summed E-state index contributed by atoms with van der Waals surface area (Å²) in [5, 5.41) is 18.5. The fourth-order valence-electron chi connectivity index (χ4n) is 1.54. The molecule has 0 spiro atoms. The predicted molar refractivity (Wildman–Crippen MR) is 63.4 cm³/mol. The van der Waals surface area contributed by atoms with Crippen molar-refractivity contribution in [1.82, 2.24) is 10.2 Å². The van der Waals surface area contributed by atoms with Crippen LogP contribution in [0.15, 0.2) is 17.1 Å². The SMILES string of the molecule is CCC(CC)(CO)CNc1cn[nH]c(=O)c1. The molecule has 0 amide bonds. The van der Waals surface area contributed by atoms with Gasteiger partial charge in [0.2, 0.25) is 0 Å². The Morgan fingerprint density at radius 1 is 1.50 bits per heavy atom. The van der Waals surface area contributed by atoms with Gasteiger partial charge >= 0.3 is 0 Å². The maximum Gasteiger partial charge on any atom is 0.266 e. The molecule has 1 aromatic rings. The van der Waals surface area contributed by atoms with E-state index in [0.717, 1.165) is 12.8 Å². The third-order valence-corrected chi connectivity index (χ3v) is 3.17. The first kappa shape index (κ1) is 12.7. The maximum atomic E-state index is 11.0. The Labute approximate surface area is 94.9 Å². The fraction of sp³-hybridized carbons (Fsp3) is 0.636. The van der Waals surface area contributed by atoms with E-state index in [0.29, 0.717) is 12.2 Å². The molecule has 0 aromatic carbocycles. The van der Waals surface area contributed by atoms with E-state index in [1.165, 1.54) is 6.07 Å². The second-order valence-corrected chi connectivity index (χ2v) is 4.05. The minimum atomic E-state index is -0.229. The molecule has 5 nitrogen and oxygen atoms in total. The molecule has 3 N–H and O–H groups in total. The molecule has 0 fully saturated rings. The summed E-state index contributed by atoms with van der Waals surface area (Å²) in [6.45, 7) is 4.89. The van der Waals surface area contributed by atoms with Crippen LogP contribution in [0.1, 0.15) is 26.7 Å². The zero-order valence-electron chi connectivity index (χ0n) is 9.79. The number of aliphatic hydroxyl groups excluding tert-OH is 1. The molecule has 16 heavy (non-hydrogen) atoms. The summed E-state index contributed by atoms with van der Waals surface area (Å²) in [5.74, 6) is 0. The lowest BCUT2D eigenvalue weighted by Crippen LogP contribution is -2.32. The zero-order valence-corrected chi connectivity index (χ0v) is 9.79. The number of aromatic nitrogens is 2. The van der Waals surface area contributed by atoms with E-state index >= 15 is 0 Å². The Bertz CT molecular complexity index is 363. The van der Waals surface area contributed by atoms with Crippen LogP contribution in [0.2, 0.25) is 0 Å². The van der Waals surface area contributed by atoms with Gasteiger partial charge in [0.15, 0.2) is 0 Å². The second kappa shape index (κ2) is 5.65. The van der Waals surface area contributed by atoms with Crippen LogP contribution >= 0.6 is 0 Å². The van der Waals surface area contributed by atoms with E-state index in [4.69, 9.17) is 0 Å². The Kier molecular flexibility index (Phi) is 4.49. The molecule has 0 saturated carbocycles. The van der Waals surface area contributed by atoms with E-state index in [9.17, 15) is 9.90 Å². The van der Waals surface area contributed by atoms with E-state index in [1.807, 2.05) is 0 Å². The molecule has 90 valence electrons. The van der Waals surface area contributed by atoms with Crippen molar-refractivity contribution >= 4 is 5.69 Å². The Morgan fingerprint density at radius 3 is 2.69 bits per heavy atom. The monoisotopic (exact) mass is 225 g/mol. The van der Waals surface area contributed by atoms with Gasteiger partial charge in [0.25, 0.3) is 5.56 Å². The van der Waals surface area contributed by atoms with Crippen molar-refractivity contribution in [3.8, 4) is 0 Å². The first-order chi connectivity index (χ1) is 7.65. The third kappa shape index (κ3) is 3.06. The number of rotatable bonds is 6. The van der Waals surface area contributed by atoms with Crippen molar-refractivity contribution in [2.45, 2.75) is 26.7 Å². The van der Waals surface area contributed by atoms with Crippen molar-refractivity contribution in [2.75, 3.05) is 18.5 Å². The van der Waals surface area contributed by atoms with Crippen LogP contribution < -0.4 is 10.9 Å². The minimum absolute atomic E-state index is 0.122. The van der Waals surface area contributed by atoms with E-state index in [-0.39, 0.29) is 17.6 Å². The van der Waals surface area contributed by atoms with E-state index in [2.05, 4.69) is 29.4 Å². The highest BCUT2D eigenvalue weighted by atomic mass is 16.3. The van der Waals surface area contributed by atoms with Gasteiger partial charge in [-0.15, -0.1) is 0 Å². The van der Waals surface area contributed by atoms with Gasteiger partial charge in [0.05, 0.1) is 18.5 Å². The molecule has 0 bridgehead atoms. The van der Waals surface area contributed by atoms with Crippen molar-refractivity contribution in [2.24, 2.45) is 5.41 Å². The number of anilines is 1. The topological polar surface area (TPSA) is 78.0 Å². The lowest BCUT2D eigenvalue weighted by Gasteiger charge is -2.29. The Morgan fingerprint density at radius 2 is 2.19 bits per heavy atom. The van der Waals surface area contributed by atoms with Crippen molar-refractivity contribution in [3.05, 3.63) is 22.6 Å². The highest BCUT2D eigenvalue weighted by molar-refractivity contribution is 5.38. The summed E-state index contributed by atoms with van der Waals surface area (Å²) in [6.07, 6.45) is 3.35. The molecule has 0 unspecified atom stereocenters.